The average Bonchev–Trinajstić information content (AvgIpc) is 4.00. The van der Waals surface area contributed by atoms with Crippen molar-refractivity contribution in [2.75, 3.05) is 55.4 Å². The number of aromatic nitrogens is 2. The zero-order chi connectivity index (χ0) is 44.2. The molecule has 0 spiro atoms. The number of benzene rings is 3. The van der Waals surface area contributed by atoms with E-state index < -0.39 is 63.7 Å². The molecule has 18 heteroatoms. The van der Waals surface area contributed by atoms with Gasteiger partial charge in [0.15, 0.2) is 11.6 Å². The molecule has 1 saturated carbocycles. The van der Waals surface area contributed by atoms with Crippen molar-refractivity contribution in [1.29, 1.82) is 0 Å². The first-order valence-corrected chi connectivity index (χ1v) is 22.3. The molecule has 5 heterocycles. The highest BCUT2D eigenvalue weighted by Gasteiger charge is 2.39. The molecule has 3 aliphatic heterocycles. The number of Topliss-reactive ketones (excluding diaryl/α,β-unsaturated/α-hetero) is 2. The van der Waals surface area contributed by atoms with E-state index in [2.05, 4.69) is 19.8 Å². The summed E-state index contributed by atoms with van der Waals surface area (Å²) in [7, 11) is -4.36. The van der Waals surface area contributed by atoms with E-state index in [-0.39, 0.29) is 49.0 Å². The monoisotopic (exact) mass is 883 g/mol. The molecular weight excluding hydrogens is 840 g/mol. The van der Waals surface area contributed by atoms with E-state index in [0.717, 1.165) is 65.0 Å². The number of aromatic amines is 1. The lowest BCUT2D eigenvalue weighted by molar-refractivity contribution is -0.133. The number of carbonyl (C=O) groups excluding carboxylic acids is 4. The number of amides is 1. The van der Waals surface area contributed by atoms with E-state index in [1.807, 2.05) is 35.1 Å². The molecule has 3 fully saturated rings. The fraction of sp³-hybridized carbons (Fsp3) is 0.356. The Morgan fingerprint density at radius 2 is 1.73 bits per heavy atom. The van der Waals surface area contributed by atoms with Crippen molar-refractivity contribution in [2.45, 2.75) is 57.0 Å². The lowest BCUT2D eigenvalue weighted by Gasteiger charge is -2.36. The van der Waals surface area contributed by atoms with E-state index in [0.29, 0.717) is 48.0 Å². The smallest absolute Gasteiger partial charge is 0.301 e. The second kappa shape index (κ2) is 17.0. The van der Waals surface area contributed by atoms with Crippen molar-refractivity contribution in [1.82, 2.24) is 24.1 Å². The zero-order valence-electron chi connectivity index (χ0n) is 34.0. The summed E-state index contributed by atoms with van der Waals surface area (Å²) in [6, 6.07) is 15.9. The molecule has 9 rings (SSSR count). The third-order valence-corrected chi connectivity index (χ3v) is 14.1. The maximum atomic E-state index is 15.7. The number of aliphatic hydroxyl groups is 1. The van der Waals surface area contributed by atoms with E-state index in [1.165, 1.54) is 6.20 Å². The van der Waals surface area contributed by atoms with E-state index >= 15 is 8.78 Å². The van der Waals surface area contributed by atoms with Gasteiger partial charge in [0, 0.05) is 98.9 Å². The van der Waals surface area contributed by atoms with Gasteiger partial charge in [-0.3, -0.25) is 28.8 Å². The lowest BCUT2D eigenvalue weighted by atomic mass is 9.92. The number of H-pyrrole nitrogens is 1. The Morgan fingerprint density at radius 3 is 2.46 bits per heavy atom. The van der Waals surface area contributed by atoms with Crippen molar-refractivity contribution in [3.05, 3.63) is 113 Å². The maximum Gasteiger partial charge on any atom is 0.301 e. The summed E-state index contributed by atoms with van der Waals surface area (Å²) in [5.74, 6) is -4.12. The van der Waals surface area contributed by atoms with Gasteiger partial charge >= 0.3 is 10.2 Å². The molecule has 1 aliphatic carbocycles. The number of nitrogens with zero attached hydrogens (tertiary/aromatic N) is 5. The van der Waals surface area contributed by atoms with E-state index in [1.54, 1.807) is 29.3 Å². The average molecular weight is 884 g/mol. The van der Waals surface area contributed by atoms with Gasteiger partial charge in [0.25, 0.3) is 5.91 Å². The summed E-state index contributed by atoms with van der Waals surface area (Å²) in [6.07, 6.45) is 1.83. The normalized spacial score (nSPS) is 20.5. The van der Waals surface area contributed by atoms with Gasteiger partial charge in [0.2, 0.25) is 5.78 Å². The zero-order valence-corrected chi connectivity index (χ0v) is 34.8. The molecule has 1 amide bonds. The Morgan fingerprint density at radius 1 is 0.952 bits per heavy atom. The van der Waals surface area contributed by atoms with Crippen molar-refractivity contribution >= 4 is 55.9 Å². The second-order valence-corrected chi connectivity index (χ2v) is 18.2. The SMILES string of the molecule is O=C1CC[C@H](N2Cc3cc([C@@H](O)CCN4CCN(c5ccc(-c6cnc7[nH]cc(C(=O)c8c(F)ccc(NS(=O)(=O)N9CC[C@@H](F)C9)c8F)c7c6)cc5)CC4)ccc3C2=O)C(=O)C1. The minimum Gasteiger partial charge on any atom is -0.388 e. The number of alkyl halides is 1. The van der Waals surface area contributed by atoms with Crippen LogP contribution in [0.25, 0.3) is 22.2 Å². The minimum absolute atomic E-state index is 0.00456. The Labute approximate surface area is 360 Å². The van der Waals surface area contributed by atoms with Crippen LogP contribution in [-0.4, -0.2) is 119 Å². The van der Waals surface area contributed by atoms with Crippen LogP contribution < -0.4 is 9.62 Å². The second-order valence-electron chi connectivity index (χ2n) is 16.6. The van der Waals surface area contributed by atoms with E-state index in [9.17, 15) is 37.1 Å². The van der Waals surface area contributed by atoms with Crippen LogP contribution in [0.5, 0.6) is 0 Å². The quantitative estimate of drug-likeness (QED) is 0.110. The number of nitrogens with one attached hydrogen (secondary N) is 2. The van der Waals surface area contributed by atoms with Crippen LogP contribution in [-0.2, 0) is 26.3 Å². The van der Waals surface area contributed by atoms with Gasteiger partial charge in [0.05, 0.1) is 29.8 Å². The number of hydrogen-bond acceptors (Lipinski definition) is 10. The summed E-state index contributed by atoms with van der Waals surface area (Å²) < 4.78 is 73.0. The molecule has 0 bridgehead atoms. The molecule has 3 N–H and O–H groups in total. The Hall–Kier alpha value is -5.95. The molecule has 4 aliphatic rings. The highest BCUT2D eigenvalue weighted by Crippen LogP contribution is 2.34. The molecule has 328 valence electrons. The largest absolute Gasteiger partial charge is 0.388 e. The van der Waals surface area contributed by atoms with Gasteiger partial charge in [-0.1, -0.05) is 24.3 Å². The number of hydrogen-bond donors (Lipinski definition) is 3. The highest BCUT2D eigenvalue weighted by molar-refractivity contribution is 7.90. The molecule has 3 atom stereocenters. The molecule has 5 aromatic rings. The van der Waals surface area contributed by atoms with Crippen LogP contribution in [0, 0.1) is 11.6 Å². The van der Waals surface area contributed by atoms with Crippen molar-refractivity contribution < 1.29 is 45.9 Å². The standard InChI is InChI=1S/C45H44F3N7O7S/c46-30-11-14-54(25-30)63(61,62)51-37-9-8-36(47)41(42(37)48)43(59)35-23-50-44-34(35)20-28(22-49-44)26-1-4-31(5-2-26)53-17-15-52(16-18-53)13-12-39(57)27-3-7-33-29(19-27)24-55(45(33)60)38-10-6-32(56)21-40(38)58/h1-5,7-9,19-20,22-23,30,38-39,51,57H,6,10-18,21,24-25H2,(H,49,50)/t30-,38+,39+/m1/s1. The van der Waals surface area contributed by atoms with Crippen LogP contribution in [0.15, 0.2) is 73.1 Å². The molecule has 2 aromatic heterocycles. The van der Waals surface area contributed by atoms with Gasteiger partial charge < -0.3 is 19.9 Å². The lowest BCUT2D eigenvalue weighted by Crippen LogP contribution is -2.46. The van der Waals surface area contributed by atoms with Gasteiger partial charge in [-0.05, 0) is 72.4 Å². The Balaban J connectivity index is 0.807. The molecule has 63 heavy (non-hydrogen) atoms. The van der Waals surface area contributed by atoms with Gasteiger partial charge in [0.1, 0.15) is 23.4 Å². The Bertz CT molecular complexity index is 2760. The van der Waals surface area contributed by atoms with Crippen LogP contribution >= 0.6 is 0 Å². The number of carbonyl (C=O) groups is 4. The fourth-order valence-electron chi connectivity index (χ4n) is 9.01. The number of ketones is 3. The highest BCUT2D eigenvalue weighted by atomic mass is 32.2. The fourth-order valence-corrected chi connectivity index (χ4v) is 10.3. The number of halogens is 3. The number of anilines is 2. The first-order valence-electron chi connectivity index (χ1n) is 20.9. The van der Waals surface area contributed by atoms with Crippen LogP contribution in [0.3, 0.4) is 0 Å². The first-order chi connectivity index (χ1) is 30.2. The Kier molecular flexibility index (Phi) is 11.4. The first kappa shape index (κ1) is 42.4. The van der Waals surface area contributed by atoms with Crippen molar-refractivity contribution in [2.24, 2.45) is 0 Å². The molecular formula is C45H44F3N7O7S. The number of piperazine rings is 1. The van der Waals surface area contributed by atoms with Crippen LogP contribution in [0.2, 0.25) is 0 Å². The molecule has 3 aromatic carbocycles. The van der Waals surface area contributed by atoms with Crippen molar-refractivity contribution in [3.63, 3.8) is 0 Å². The number of fused-ring (bicyclic) bond motifs is 2. The molecule has 0 radical (unpaired) electrons. The summed E-state index contributed by atoms with van der Waals surface area (Å²) in [6.45, 7) is 3.52. The third-order valence-electron chi connectivity index (χ3n) is 12.6. The van der Waals surface area contributed by atoms with Crippen molar-refractivity contribution in [3.8, 4) is 11.1 Å². The molecule has 0 unspecified atom stereocenters. The molecule has 14 nitrogen and oxygen atoms in total. The van der Waals surface area contributed by atoms with Gasteiger partial charge in [-0.25, -0.2) is 18.2 Å². The van der Waals surface area contributed by atoms with Crippen LogP contribution in [0.4, 0.5) is 24.5 Å². The predicted molar refractivity (Wildman–Crippen MR) is 227 cm³/mol. The summed E-state index contributed by atoms with van der Waals surface area (Å²) >= 11 is 0. The van der Waals surface area contributed by atoms with Crippen LogP contribution in [0.1, 0.15) is 75.6 Å². The number of pyridine rings is 1. The van der Waals surface area contributed by atoms with Gasteiger partial charge in [-0.15, -0.1) is 0 Å². The maximum absolute atomic E-state index is 15.7. The number of rotatable bonds is 12. The summed E-state index contributed by atoms with van der Waals surface area (Å²) in [5, 5.41) is 11.4. The summed E-state index contributed by atoms with van der Waals surface area (Å²) in [5.41, 5.74) is 3.10. The summed E-state index contributed by atoms with van der Waals surface area (Å²) in [4.78, 5) is 64.5. The third kappa shape index (κ3) is 8.35. The molecule has 2 saturated heterocycles. The van der Waals surface area contributed by atoms with E-state index in [4.69, 9.17) is 0 Å². The topological polar surface area (TPSA) is 176 Å². The minimum atomic E-state index is -4.36. The number of aliphatic hydroxyl groups excluding tert-OH is 1. The predicted octanol–water partition coefficient (Wildman–Crippen LogP) is 5.33. The van der Waals surface area contributed by atoms with Gasteiger partial charge in [-0.2, -0.15) is 12.7 Å².